The third kappa shape index (κ3) is 2.66. The van der Waals surface area contributed by atoms with E-state index < -0.39 is 22.9 Å². The van der Waals surface area contributed by atoms with Crippen LogP contribution in [0.3, 0.4) is 0 Å². The fourth-order valence-corrected chi connectivity index (χ4v) is 2.11. The van der Waals surface area contributed by atoms with Crippen molar-refractivity contribution in [1.82, 2.24) is 10.2 Å². The van der Waals surface area contributed by atoms with Crippen LogP contribution in [0.5, 0.6) is 5.75 Å². The lowest BCUT2D eigenvalue weighted by molar-refractivity contribution is 0.0590. The van der Waals surface area contributed by atoms with E-state index in [0.29, 0.717) is 0 Å². The second-order valence-electron chi connectivity index (χ2n) is 3.90. The number of aromatic amines is 1. The number of methoxy groups -OCH3 is 2. The number of esters is 1. The van der Waals surface area contributed by atoms with Gasteiger partial charge in [0.2, 0.25) is 5.69 Å². The molecule has 0 fully saturated rings. The summed E-state index contributed by atoms with van der Waals surface area (Å²) in [6, 6.07) is 4.56. The first-order valence-electron chi connectivity index (χ1n) is 5.70. The van der Waals surface area contributed by atoms with Gasteiger partial charge >= 0.3 is 5.97 Å². The minimum atomic E-state index is -0.907. The number of nitrogens with zero attached hydrogens (tertiary/aromatic N) is 1. The first-order valence-corrected chi connectivity index (χ1v) is 6.50. The molecule has 110 valence electrons. The molecule has 1 aromatic heterocycles. The number of hydrogen-bond donors (Lipinski definition) is 1. The zero-order valence-electron chi connectivity index (χ0n) is 11.1. The third-order valence-electron chi connectivity index (χ3n) is 2.73. The van der Waals surface area contributed by atoms with Gasteiger partial charge in [0, 0.05) is 5.56 Å². The van der Waals surface area contributed by atoms with Gasteiger partial charge in [0.25, 0.3) is 5.43 Å². The Kier molecular flexibility index (Phi) is 4.37. The number of H-pyrrole nitrogens is 1. The summed E-state index contributed by atoms with van der Waals surface area (Å²) in [7, 11) is 2.36. The predicted octanol–water partition coefficient (Wildman–Crippen LogP) is 2.13. The Bertz CT molecular complexity index is 760. The largest absolute Gasteiger partial charge is 0.491 e. The second-order valence-corrected chi connectivity index (χ2v) is 4.76. The van der Waals surface area contributed by atoms with Crippen LogP contribution in [0, 0.1) is 5.82 Å². The van der Waals surface area contributed by atoms with Crippen LogP contribution < -0.4 is 10.2 Å². The Morgan fingerprint density at radius 1 is 1.38 bits per heavy atom. The van der Waals surface area contributed by atoms with Crippen molar-refractivity contribution in [2.45, 2.75) is 0 Å². The van der Waals surface area contributed by atoms with E-state index in [0.717, 1.165) is 7.11 Å². The minimum absolute atomic E-state index is 0.0361. The number of halogens is 2. The smallest absolute Gasteiger partial charge is 0.362 e. The highest BCUT2D eigenvalue weighted by Crippen LogP contribution is 2.30. The summed E-state index contributed by atoms with van der Waals surface area (Å²) in [5.41, 5.74) is -1.12. The Labute approximate surface area is 127 Å². The molecule has 1 aromatic carbocycles. The molecule has 0 saturated carbocycles. The standard InChI is InChI=1S/C13H10BrFN2O4/c1-20-12-9(6-4-3-5-7(14)8(6)15)16-17-10(11(12)18)13(19)21-2/h3-5H,1-2H3,(H,16,18). The number of ether oxygens (including phenoxy) is 2. The number of hydrogen-bond acceptors (Lipinski definition) is 5. The Balaban J connectivity index is 2.72. The quantitative estimate of drug-likeness (QED) is 0.852. The van der Waals surface area contributed by atoms with Gasteiger partial charge in [0.1, 0.15) is 11.5 Å². The maximum Gasteiger partial charge on any atom is 0.362 e. The van der Waals surface area contributed by atoms with Gasteiger partial charge in [-0.1, -0.05) is 6.07 Å². The molecule has 0 bridgehead atoms. The molecule has 6 nitrogen and oxygen atoms in total. The summed E-state index contributed by atoms with van der Waals surface area (Å²) < 4.78 is 23.8. The summed E-state index contributed by atoms with van der Waals surface area (Å²) in [6.45, 7) is 0. The van der Waals surface area contributed by atoms with Gasteiger partial charge in [-0.15, -0.1) is 0 Å². The highest BCUT2D eigenvalue weighted by atomic mass is 79.9. The SMILES string of the molecule is COC(=O)c1n[nH]c(-c2cccc(Br)c2F)c(OC)c1=O. The van der Waals surface area contributed by atoms with Gasteiger partial charge in [0.05, 0.1) is 18.7 Å². The van der Waals surface area contributed by atoms with E-state index in [1.54, 1.807) is 6.07 Å². The number of benzene rings is 1. The average molecular weight is 357 g/mol. The Morgan fingerprint density at radius 2 is 2.10 bits per heavy atom. The number of carbonyl (C=O) groups excluding carboxylic acids is 1. The molecule has 0 spiro atoms. The highest BCUT2D eigenvalue weighted by Gasteiger charge is 2.22. The van der Waals surface area contributed by atoms with E-state index in [4.69, 9.17) is 4.74 Å². The van der Waals surface area contributed by atoms with Gasteiger partial charge in [0.15, 0.2) is 5.75 Å². The van der Waals surface area contributed by atoms with Gasteiger partial charge in [-0.25, -0.2) is 9.18 Å². The van der Waals surface area contributed by atoms with Gasteiger partial charge in [-0.2, -0.15) is 5.10 Å². The molecule has 8 heteroatoms. The highest BCUT2D eigenvalue weighted by molar-refractivity contribution is 9.10. The van der Waals surface area contributed by atoms with Crippen molar-refractivity contribution in [3.05, 3.63) is 44.4 Å². The molecule has 0 aliphatic carbocycles. The normalized spacial score (nSPS) is 10.3. The van der Waals surface area contributed by atoms with Crippen LogP contribution in [0.4, 0.5) is 4.39 Å². The Morgan fingerprint density at radius 3 is 2.71 bits per heavy atom. The summed E-state index contributed by atoms with van der Waals surface area (Å²) in [5.74, 6) is -1.71. The summed E-state index contributed by atoms with van der Waals surface area (Å²) in [5, 5.41) is 6.09. The minimum Gasteiger partial charge on any atom is -0.491 e. The van der Waals surface area contributed by atoms with Gasteiger partial charge < -0.3 is 9.47 Å². The number of nitrogens with one attached hydrogen (secondary N) is 1. The lowest BCUT2D eigenvalue weighted by Crippen LogP contribution is -2.22. The molecular formula is C13H10BrFN2O4. The topological polar surface area (TPSA) is 81.3 Å². The van der Waals surface area contributed by atoms with Crippen LogP contribution in [0.25, 0.3) is 11.3 Å². The van der Waals surface area contributed by atoms with Crippen LogP contribution >= 0.6 is 15.9 Å². The van der Waals surface area contributed by atoms with Crippen LogP contribution in [-0.2, 0) is 4.74 Å². The van der Waals surface area contributed by atoms with Crippen LogP contribution in [0.15, 0.2) is 27.5 Å². The van der Waals surface area contributed by atoms with E-state index in [1.807, 2.05) is 0 Å². The molecule has 1 N–H and O–H groups in total. The Hall–Kier alpha value is -2.22. The molecule has 2 rings (SSSR count). The number of aromatic nitrogens is 2. The molecule has 2 aromatic rings. The molecule has 0 atom stereocenters. The predicted molar refractivity (Wildman–Crippen MR) is 75.8 cm³/mol. The molecule has 1 heterocycles. The summed E-state index contributed by atoms with van der Waals surface area (Å²) in [6.07, 6.45) is 0. The van der Waals surface area contributed by atoms with Crippen LogP contribution in [0.1, 0.15) is 10.5 Å². The summed E-state index contributed by atoms with van der Waals surface area (Å²) >= 11 is 3.05. The number of rotatable bonds is 3. The molecule has 0 amide bonds. The van der Waals surface area contributed by atoms with E-state index in [-0.39, 0.29) is 21.5 Å². The van der Waals surface area contributed by atoms with Crippen molar-refractivity contribution in [2.75, 3.05) is 14.2 Å². The van der Waals surface area contributed by atoms with Crippen molar-refractivity contribution in [1.29, 1.82) is 0 Å². The first kappa shape index (κ1) is 15.2. The zero-order valence-corrected chi connectivity index (χ0v) is 12.7. The molecule has 21 heavy (non-hydrogen) atoms. The van der Waals surface area contributed by atoms with E-state index in [1.165, 1.54) is 19.2 Å². The van der Waals surface area contributed by atoms with Crippen LogP contribution in [0.2, 0.25) is 0 Å². The average Bonchev–Trinajstić information content (AvgIpc) is 2.49. The lowest BCUT2D eigenvalue weighted by atomic mass is 10.1. The maximum absolute atomic E-state index is 14.1. The van der Waals surface area contributed by atoms with Crippen molar-refractivity contribution in [3.8, 4) is 17.0 Å². The molecule has 0 aliphatic rings. The van der Waals surface area contributed by atoms with Gasteiger partial charge in [-0.3, -0.25) is 9.89 Å². The fourth-order valence-electron chi connectivity index (χ4n) is 1.74. The van der Waals surface area contributed by atoms with Crippen molar-refractivity contribution in [3.63, 3.8) is 0 Å². The molecule has 0 radical (unpaired) electrons. The van der Waals surface area contributed by atoms with Crippen molar-refractivity contribution in [2.24, 2.45) is 0 Å². The first-order chi connectivity index (χ1) is 10.0. The van der Waals surface area contributed by atoms with Gasteiger partial charge in [-0.05, 0) is 28.1 Å². The van der Waals surface area contributed by atoms with Crippen molar-refractivity contribution < 1.29 is 18.7 Å². The monoisotopic (exact) mass is 356 g/mol. The van der Waals surface area contributed by atoms with Crippen molar-refractivity contribution >= 4 is 21.9 Å². The molecular weight excluding hydrogens is 347 g/mol. The molecule has 0 unspecified atom stereocenters. The third-order valence-corrected chi connectivity index (χ3v) is 3.34. The number of carbonyl (C=O) groups is 1. The van der Waals surface area contributed by atoms with Crippen LogP contribution in [-0.4, -0.2) is 30.4 Å². The fraction of sp³-hybridized carbons (Fsp3) is 0.154. The second kappa shape index (κ2) is 6.04. The lowest BCUT2D eigenvalue weighted by Gasteiger charge is -2.10. The van der Waals surface area contributed by atoms with E-state index in [9.17, 15) is 14.0 Å². The maximum atomic E-state index is 14.1. The molecule has 0 aliphatic heterocycles. The summed E-state index contributed by atoms with van der Waals surface area (Å²) in [4.78, 5) is 23.6. The zero-order chi connectivity index (χ0) is 15.6. The molecule has 0 saturated heterocycles. The van der Waals surface area contributed by atoms with E-state index >= 15 is 0 Å². The van der Waals surface area contributed by atoms with E-state index in [2.05, 4.69) is 30.9 Å².